The largest absolute Gasteiger partial charge is 0.493 e. The highest BCUT2D eigenvalue weighted by Crippen LogP contribution is 2.21. The molecule has 0 fully saturated rings. The predicted octanol–water partition coefficient (Wildman–Crippen LogP) is 3.81. The second-order valence-electron chi connectivity index (χ2n) is 4.77. The van der Waals surface area contributed by atoms with Crippen LogP contribution in [0.15, 0.2) is 53.7 Å². The van der Waals surface area contributed by atoms with Crippen molar-refractivity contribution >= 4 is 5.71 Å². The number of rotatable bonds is 5. The van der Waals surface area contributed by atoms with E-state index in [9.17, 15) is 0 Å². The van der Waals surface area contributed by atoms with Gasteiger partial charge in [-0.1, -0.05) is 47.1 Å². The number of aryl methyl sites for hydroxylation is 1. The van der Waals surface area contributed by atoms with Crippen LogP contribution < -0.4 is 4.74 Å². The Morgan fingerprint density at radius 1 is 1.15 bits per heavy atom. The Balaban J connectivity index is 2.06. The van der Waals surface area contributed by atoms with E-state index < -0.39 is 0 Å². The maximum absolute atomic E-state index is 8.94. The molecule has 3 nitrogen and oxygen atoms in total. The molecule has 0 aromatic heterocycles. The molecule has 0 saturated heterocycles. The minimum atomic E-state index is 0.559. The van der Waals surface area contributed by atoms with Gasteiger partial charge in [-0.25, -0.2) is 0 Å². The first-order valence-electron chi connectivity index (χ1n) is 6.67. The smallest absolute Gasteiger partial charge is 0.128 e. The van der Waals surface area contributed by atoms with E-state index in [4.69, 9.17) is 9.94 Å². The van der Waals surface area contributed by atoms with E-state index in [1.807, 2.05) is 43.3 Å². The van der Waals surface area contributed by atoms with Gasteiger partial charge in [0.05, 0.1) is 12.3 Å². The number of benzene rings is 2. The van der Waals surface area contributed by atoms with E-state index in [0.29, 0.717) is 12.3 Å². The Kier molecular flexibility index (Phi) is 4.77. The van der Waals surface area contributed by atoms with Crippen molar-refractivity contribution in [1.29, 1.82) is 0 Å². The Morgan fingerprint density at radius 2 is 1.90 bits per heavy atom. The van der Waals surface area contributed by atoms with Gasteiger partial charge < -0.3 is 9.94 Å². The van der Waals surface area contributed by atoms with E-state index in [-0.39, 0.29) is 0 Å². The van der Waals surface area contributed by atoms with Crippen molar-refractivity contribution in [3.05, 3.63) is 65.2 Å². The molecule has 0 aliphatic rings. The maximum Gasteiger partial charge on any atom is 0.128 e. The lowest BCUT2D eigenvalue weighted by Gasteiger charge is -2.11. The lowest BCUT2D eigenvalue weighted by molar-refractivity contribution is 0.314. The summed E-state index contributed by atoms with van der Waals surface area (Å²) in [6.07, 6.45) is 0.851. The van der Waals surface area contributed by atoms with Crippen LogP contribution in [0, 0.1) is 6.92 Å². The standard InChI is InChI=1S/C17H19NO2/c1-13-8-9-17(16(12-13)14(2)18-19)20-11-10-15-6-4-3-5-7-15/h3-9,12,19H,10-11H2,1-2H3/b18-14+. The molecule has 3 heteroatoms. The predicted molar refractivity (Wildman–Crippen MR) is 80.8 cm³/mol. The van der Waals surface area contributed by atoms with E-state index in [1.165, 1.54) is 5.56 Å². The van der Waals surface area contributed by atoms with Gasteiger partial charge in [-0.3, -0.25) is 0 Å². The Labute approximate surface area is 119 Å². The molecule has 20 heavy (non-hydrogen) atoms. The summed E-state index contributed by atoms with van der Waals surface area (Å²) in [5.41, 5.74) is 3.75. The van der Waals surface area contributed by atoms with Crippen molar-refractivity contribution < 1.29 is 9.94 Å². The molecule has 2 rings (SSSR count). The van der Waals surface area contributed by atoms with Crippen molar-refractivity contribution in [3.63, 3.8) is 0 Å². The third-order valence-electron chi connectivity index (χ3n) is 3.17. The molecule has 1 N–H and O–H groups in total. The topological polar surface area (TPSA) is 41.8 Å². The molecule has 0 radical (unpaired) electrons. The molecule has 0 bridgehead atoms. The van der Waals surface area contributed by atoms with Crippen LogP contribution >= 0.6 is 0 Å². The lowest BCUT2D eigenvalue weighted by atomic mass is 10.1. The quantitative estimate of drug-likeness (QED) is 0.509. The third kappa shape index (κ3) is 3.60. The maximum atomic E-state index is 8.94. The van der Waals surface area contributed by atoms with Crippen LogP contribution in [0.3, 0.4) is 0 Å². The average molecular weight is 269 g/mol. The third-order valence-corrected chi connectivity index (χ3v) is 3.17. The molecular formula is C17H19NO2. The van der Waals surface area contributed by atoms with Gasteiger partial charge in [-0.2, -0.15) is 0 Å². The van der Waals surface area contributed by atoms with E-state index in [1.54, 1.807) is 6.92 Å². The zero-order valence-electron chi connectivity index (χ0n) is 11.8. The minimum Gasteiger partial charge on any atom is -0.493 e. The molecule has 104 valence electrons. The van der Waals surface area contributed by atoms with Gasteiger partial charge in [-0.05, 0) is 31.5 Å². The summed E-state index contributed by atoms with van der Waals surface area (Å²) in [5.74, 6) is 0.752. The van der Waals surface area contributed by atoms with Crippen LogP contribution in [-0.4, -0.2) is 17.5 Å². The van der Waals surface area contributed by atoms with Crippen molar-refractivity contribution in [2.24, 2.45) is 5.16 Å². The zero-order valence-corrected chi connectivity index (χ0v) is 11.8. The first-order chi connectivity index (χ1) is 9.70. The molecule has 2 aromatic carbocycles. The van der Waals surface area contributed by atoms with Crippen LogP contribution in [0.5, 0.6) is 5.75 Å². The number of hydrogen-bond donors (Lipinski definition) is 1. The first-order valence-corrected chi connectivity index (χ1v) is 6.67. The Morgan fingerprint density at radius 3 is 2.60 bits per heavy atom. The van der Waals surface area contributed by atoms with Gasteiger partial charge >= 0.3 is 0 Å². The van der Waals surface area contributed by atoms with E-state index in [2.05, 4.69) is 17.3 Å². The first kappa shape index (κ1) is 14.1. The van der Waals surface area contributed by atoms with E-state index >= 15 is 0 Å². The fourth-order valence-electron chi connectivity index (χ4n) is 2.03. The monoisotopic (exact) mass is 269 g/mol. The zero-order chi connectivity index (χ0) is 14.4. The Hall–Kier alpha value is -2.29. The molecule has 0 saturated carbocycles. The molecule has 0 heterocycles. The van der Waals surface area contributed by atoms with Gasteiger partial charge in [-0.15, -0.1) is 0 Å². The van der Waals surface area contributed by atoms with Gasteiger partial charge in [0.15, 0.2) is 0 Å². The lowest BCUT2D eigenvalue weighted by Crippen LogP contribution is -2.06. The second kappa shape index (κ2) is 6.75. The van der Waals surface area contributed by atoms with Crippen LogP contribution in [0.25, 0.3) is 0 Å². The van der Waals surface area contributed by atoms with Crippen LogP contribution in [0.4, 0.5) is 0 Å². The minimum absolute atomic E-state index is 0.559. The second-order valence-corrected chi connectivity index (χ2v) is 4.77. The van der Waals surface area contributed by atoms with Gasteiger partial charge in [0, 0.05) is 12.0 Å². The van der Waals surface area contributed by atoms with Crippen LogP contribution in [0.2, 0.25) is 0 Å². The van der Waals surface area contributed by atoms with E-state index in [0.717, 1.165) is 23.3 Å². The summed E-state index contributed by atoms with van der Waals surface area (Å²) < 4.78 is 5.83. The normalized spacial score (nSPS) is 11.4. The number of oxime groups is 1. The van der Waals surface area contributed by atoms with Gasteiger partial charge in [0.2, 0.25) is 0 Å². The summed E-state index contributed by atoms with van der Waals surface area (Å²) in [6, 6.07) is 16.1. The molecule has 2 aromatic rings. The van der Waals surface area contributed by atoms with Crippen LogP contribution in [0.1, 0.15) is 23.6 Å². The molecule has 0 spiro atoms. The fourth-order valence-corrected chi connectivity index (χ4v) is 2.03. The van der Waals surface area contributed by atoms with Crippen molar-refractivity contribution in [3.8, 4) is 5.75 Å². The molecule has 0 aliphatic heterocycles. The van der Waals surface area contributed by atoms with Gasteiger partial charge in [0.25, 0.3) is 0 Å². The Bertz CT molecular complexity index is 591. The van der Waals surface area contributed by atoms with Crippen molar-refractivity contribution in [2.75, 3.05) is 6.61 Å². The summed E-state index contributed by atoms with van der Waals surface area (Å²) in [7, 11) is 0. The van der Waals surface area contributed by atoms with Gasteiger partial charge in [0.1, 0.15) is 5.75 Å². The summed E-state index contributed by atoms with van der Waals surface area (Å²) >= 11 is 0. The van der Waals surface area contributed by atoms with Crippen molar-refractivity contribution in [1.82, 2.24) is 0 Å². The summed E-state index contributed by atoms with van der Waals surface area (Å²) in [4.78, 5) is 0. The molecule has 0 amide bonds. The molecule has 0 atom stereocenters. The SMILES string of the molecule is C/C(=N\O)c1cc(C)ccc1OCCc1ccccc1. The van der Waals surface area contributed by atoms with Crippen LogP contribution in [-0.2, 0) is 6.42 Å². The number of ether oxygens (including phenoxy) is 1. The fraction of sp³-hybridized carbons (Fsp3) is 0.235. The summed E-state index contributed by atoms with van der Waals surface area (Å²) in [6.45, 7) is 4.36. The van der Waals surface area contributed by atoms with Crippen molar-refractivity contribution in [2.45, 2.75) is 20.3 Å². The molecular weight excluding hydrogens is 250 g/mol. The molecule has 0 unspecified atom stereocenters. The number of nitrogens with zero attached hydrogens (tertiary/aromatic N) is 1. The highest BCUT2D eigenvalue weighted by molar-refractivity contribution is 6.00. The number of hydrogen-bond acceptors (Lipinski definition) is 3. The highest BCUT2D eigenvalue weighted by Gasteiger charge is 2.08. The summed E-state index contributed by atoms with van der Waals surface area (Å²) in [5, 5.41) is 12.2. The molecule has 0 aliphatic carbocycles. The average Bonchev–Trinajstić information content (AvgIpc) is 2.49. The highest BCUT2D eigenvalue weighted by atomic mass is 16.5.